The van der Waals surface area contributed by atoms with Gasteiger partial charge < -0.3 is 5.32 Å². The minimum Gasteiger partial charge on any atom is -0.383 e. The zero-order chi connectivity index (χ0) is 11.7. The third-order valence-electron chi connectivity index (χ3n) is 2.75. The molecule has 0 saturated carbocycles. The van der Waals surface area contributed by atoms with Crippen molar-refractivity contribution >= 4 is 17.0 Å². The van der Waals surface area contributed by atoms with E-state index in [4.69, 9.17) is 0 Å². The van der Waals surface area contributed by atoms with Crippen LogP contribution in [0.15, 0.2) is 22.4 Å². The third kappa shape index (κ3) is 2.08. The third-order valence-corrected chi connectivity index (χ3v) is 3.51. The first-order valence-electron chi connectivity index (χ1n) is 5.56. The van der Waals surface area contributed by atoms with Gasteiger partial charge in [0.25, 0.3) is 5.56 Å². The summed E-state index contributed by atoms with van der Waals surface area (Å²) in [5, 5.41) is 10.4. The Kier molecular flexibility index (Phi) is 2.64. The van der Waals surface area contributed by atoms with Crippen LogP contribution in [0.3, 0.4) is 0 Å². The molecule has 17 heavy (non-hydrogen) atoms. The summed E-state index contributed by atoms with van der Waals surface area (Å²) >= 11 is 1.54. The smallest absolute Gasteiger partial charge is 0.269 e. The first-order chi connectivity index (χ1) is 8.33. The zero-order valence-electron chi connectivity index (χ0n) is 9.22. The fourth-order valence-corrected chi connectivity index (χ4v) is 2.52. The fraction of sp³-hybridized carbons (Fsp3) is 0.364. The van der Waals surface area contributed by atoms with E-state index >= 15 is 0 Å². The standard InChI is InChI=1S/C11H12N4OS/c16-11-6-9-8(2-1-3-12-9)14-15(11)7-10-13-4-5-17-10/h4-6,12H,1-3,7H2. The summed E-state index contributed by atoms with van der Waals surface area (Å²) in [6, 6.07) is 1.63. The Balaban J connectivity index is 1.97. The van der Waals surface area contributed by atoms with Gasteiger partial charge in [-0.1, -0.05) is 0 Å². The quantitative estimate of drug-likeness (QED) is 0.864. The molecular formula is C11H12N4OS. The van der Waals surface area contributed by atoms with Crippen LogP contribution >= 0.6 is 11.3 Å². The molecule has 6 heteroatoms. The van der Waals surface area contributed by atoms with Crippen LogP contribution in [-0.2, 0) is 13.0 Å². The van der Waals surface area contributed by atoms with Gasteiger partial charge in [0.2, 0.25) is 0 Å². The Morgan fingerprint density at radius 1 is 1.53 bits per heavy atom. The highest BCUT2D eigenvalue weighted by atomic mass is 32.1. The maximum Gasteiger partial charge on any atom is 0.269 e. The molecule has 1 N–H and O–H groups in total. The minimum absolute atomic E-state index is 0.0756. The maximum absolute atomic E-state index is 11.9. The van der Waals surface area contributed by atoms with Crippen molar-refractivity contribution in [3.63, 3.8) is 0 Å². The predicted octanol–water partition coefficient (Wildman–Crippen LogP) is 1.11. The van der Waals surface area contributed by atoms with Gasteiger partial charge in [0.05, 0.1) is 17.9 Å². The van der Waals surface area contributed by atoms with E-state index < -0.39 is 0 Å². The molecule has 0 atom stereocenters. The summed E-state index contributed by atoms with van der Waals surface area (Å²) in [7, 11) is 0. The van der Waals surface area contributed by atoms with E-state index in [1.54, 1.807) is 12.3 Å². The first kappa shape index (κ1) is 10.5. The number of hydrogen-bond acceptors (Lipinski definition) is 5. The average molecular weight is 248 g/mol. The van der Waals surface area contributed by atoms with Crippen molar-refractivity contribution in [3.05, 3.63) is 38.7 Å². The molecule has 0 bridgehead atoms. The van der Waals surface area contributed by atoms with Crippen LogP contribution in [-0.4, -0.2) is 21.3 Å². The van der Waals surface area contributed by atoms with E-state index in [9.17, 15) is 4.79 Å². The van der Waals surface area contributed by atoms with E-state index in [1.165, 1.54) is 16.0 Å². The maximum atomic E-state index is 11.9. The molecule has 1 aliphatic heterocycles. The summed E-state index contributed by atoms with van der Waals surface area (Å²) in [5.41, 5.74) is 1.79. The second-order valence-corrected chi connectivity index (χ2v) is 4.94. The number of aromatic nitrogens is 3. The van der Waals surface area contributed by atoms with E-state index in [0.29, 0.717) is 6.54 Å². The van der Waals surface area contributed by atoms with Crippen molar-refractivity contribution in [1.29, 1.82) is 0 Å². The Hall–Kier alpha value is -1.69. The molecule has 5 nitrogen and oxygen atoms in total. The van der Waals surface area contributed by atoms with Gasteiger partial charge in [0.15, 0.2) is 0 Å². The van der Waals surface area contributed by atoms with Gasteiger partial charge in [-0.25, -0.2) is 9.67 Å². The van der Waals surface area contributed by atoms with Crippen molar-refractivity contribution in [3.8, 4) is 0 Å². The normalized spacial score (nSPS) is 14.1. The molecule has 2 aromatic heterocycles. The molecule has 3 heterocycles. The van der Waals surface area contributed by atoms with E-state index in [2.05, 4.69) is 15.4 Å². The number of nitrogens with zero attached hydrogens (tertiary/aromatic N) is 3. The molecule has 88 valence electrons. The average Bonchev–Trinajstić information content (AvgIpc) is 2.83. The highest BCUT2D eigenvalue weighted by Crippen LogP contribution is 2.16. The molecule has 1 aliphatic rings. The fourth-order valence-electron chi connectivity index (χ4n) is 1.92. The van der Waals surface area contributed by atoms with Crippen LogP contribution in [0.5, 0.6) is 0 Å². The summed E-state index contributed by atoms with van der Waals surface area (Å²) < 4.78 is 1.49. The van der Waals surface area contributed by atoms with Crippen molar-refractivity contribution in [2.24, 2.45) is 0 Å². The molecule has 0 fully saturated rings. The number of thiazole rings is 1. The summed E-state index contributed by atoms with van der Waals surface area (Å²) in [4.78, 5) is 16.0. The van der Waals surface area contributed by atoms with Crippen molar-refractivity contribution < 1.29 is 0 Å². The Labute approximate surface area is 102 Å². The zero-order valence-corrected chi connectivity index (χ0v) is 10.0. The van der Waals surface area contributed by atoms with Crippen LogP contribution in [0.4, 0.5) is 5.69 Å². The number of rotatable bonds is 2. The second kappa shape index (κ2) is 4.29. The Morgan fingerprint density at radius 3 is 3.29 bits per heavy atom. The largest absolute Gasteiger partial charge is 0.383 e. The lowest BCUT2D eigenvalue weighted by atomic mass is 10.1. The molecule has 3 rings (SSSR count). The second-order valence-electron chi connectivity index (χ2n) is 3.96. The molecule has 0 spiro atoms. The summed E-state index contributed by atoms with van der Waals surface area (Å²) in [5.74, 6) is 0. The van der Waals surface area contributed by atoms with Gasteiger partial charge in [-0.05, 0) is 12.8 Å². The lowest BCUT2D eigenvalue weighted by Gasteiger charge is -2.17. The van der Waals surface area contributed by atoms with Crippen molar-refractivity contribution in [2.75, 3.05) is 11.9 Å². The lowest BCUT2D eigenvalue weighted by Crippen LogP contribution is -2.27. The van der Waals surface area contributed by atoms with Crippen LogP contribution in [0.25, 0.3) is 0 Å². The van der Waals surface area contributed by atoms with E-state index in [-0.39, 0.29) is 5.56 Å². The molecule has 0 aromatic carbocycles. The van der Waals surface area contributed by atoms with Crippen LogP contribution in [0.1, 0.15) is 17.1 Å². The molecule has 0 amide bonds. The van der Waals surface area contributed by atoms with Gasteiger partial charge in [-0.15, -0.1) is 11.3 Å². The number of hydrogen-bond donors (Lipinski definition) is 1. The lowest BCUT2D eigenvalue weighted by molar-refractivity contribution is 0.606. The number of aryl methyl sites for hydroxylation is 1. The molecule has 0 aliphatic carbocycles. The molecule has 0 radical (unpaired) electrons. The van der Waals surface area contributed by atoms with Crippen molar-refractivity contribution in [2.45, 2.75) is 19.4 Å². The number of anilines is 1. The highest BCUT2D eigenvalue weighted by Gasteiger charge is 2.13. The van der Waals surface area contributed by atoms with Gasteiger partial charge in [0, 0.05) is 24.2 Å². The highest BCUT2D eigenvalue weighted by molar-refractivity contribution is 7.09. The SMILES string of the molecule is O=c1cc2c(nn1Cc1nccs1)CCCN2. The van der Waals surface area contributed by atoms with Crippen LogP contribution in [0, 0.1) is 0 Å². The van der Waals surface area contributed by atoms with Gasteiger partial charge in [-0.2, -0.15) is 5.10 Å². The monoisotopic (exact) mass is 248 g/mol. The molecular weight excluding hydrogens is 236 g/mol. The summed E-state index contributed by atoms with van der Waals surface area (Å²) in [6.07, 6.45) is 3.74. The van der Waals surface area contributed by atoms with Gasteiger partial charge in [-0.3, -0.25) is 4.79 Å². The minimum atomic E-state index is -0.0756. The van der Waals surface area contributed by atoms with Crippen LogP contribution < -0.4 is 10.9 Å². The van der Waals surface area contributed by atoms with Crippen molar-refractivity contribution in [1.82, 2.24) is 14.8 Å². The predicted molar refractivity (Wildman–Crippen MR) is 66.5 cm³/mol. The first-order valence-corrected chi connectivity index (χ1v) is 6.44. The molecule has 0 saturated heterocycles. The Bertz CT molecular complexity index is 576. The van der Waals surface area contributed by atoms with Gasteiger partial charge in [0.1, 0.15) is 5.01 Å². The molecule has 0 unspecified atom stereocenters. The Morgan fingerprint density at radius 2 is 2.47 bits per heavy atom. The number of nitrogens with one attached hydrogen (secondary N) is 1. The molecule has 2 aromatic rings. The van der Waals surface area contributed by atoms with Crippen LogP contribution in [0.2, 0.25) is 0 Å². The number of fused-ring (bicyclic) bond motifs is 1. The van der Waals surface area contributed by atoms with E-state index in [0.717, 1.165) is 35.8 Å². The summed E-state index contributed by atoms with van der Waals surface area (Å²) in [6.45, 7) is 1.38. The van der Waals surface area contributed by atoms with Gasteiger partial charge >= 0.3 is 0 Å². The van der Waals surface area contributed by atoms with E-state index in [1.807, 2.05) is 5.38 Å². The topological polar surface area (TPSA) is 59.8 Å².